The number of ether oxygens (including phenoxy) is 1. The van der Waals surface area contributed by atoms with Gasteiger partial charge in [0.15, 0.2) is 11.6 Å². The number of para-hydroxylation sites is 1. The van der Waals surface area contributed by atoms with Gasteiger partial charge in [0.25, 0.3) is 0 Å². The number of aromatic nitrogens is 2. The number of rotatable bonds is 6. The molecule has 6 nitrogen and oxygen atoms in total. The highest BCUT2D eigenvalue weighted by Crippen LogP contribution is 2.32. The molecule has 168 valence electrons. The lowest BCUT2D eigenvalue weighted by Crippen LogP contribution is -2.47. The first-order valence-electron chi connectivity index (χ1n) is 10.7. The monoisotopic (exact) mass is 440 g/mol. The zero-order valence-corrected chi connectivity index (χ0v) is 18.2. The van der Waals surface area contributed by atoms with Crippen molar-refractivity contribution in [3.8, 4) is 17.3 Å². The van der Waals surface area contributed by atoms with Gasteiger partial charge in [-0.2, -0.15) is 5.10 Å². The van der Waals surface area contributed by atoms with Gasteiger partial charge in [-0.25, -0.2) is 13.5 Å². The van der Waals surface area contributed by atoms with Crippen LogP contribution in [-0.4, -0.2) is 58.7 Å². The average molecular weight is 440 g/mol. The molecule has 1 amide bonds. The van der Waals surface area contributed by atoms with Crippen LogP contribution in [0.25, 0.3) is 5.69 Å². The highest BCUT2D eigenvalue weighted by Gasteiger charge is 2.23. The van der Waals surface area contributed by atoms with Gasteiger partial charge in [-0.05, 0) is 56.8 Å². The van der Waals surface area contributed by atoms with Crippen molar-refractivity contribution in [2.45, 2.75) is 19.8 Å². The average Bonchev–Trinajstić information content (AvgIpc) is 3.09. The number of likely N-dealkylation sites (N-methyl/N-ethyl adjacent to an activating group) is 1. The number of nitrogens with zero attached hydrogens (tertiary/aromatic N) is 4. The molecule has 0 bridgehead atoms. The fraction of sp³-hybridized carbons (Fsp3) is 0.333. The normalized spacial score (nSPS) is 14.6. The van der Waals surface area contributed by atoms with Crippen molar-refractivity contribution in [1.82, 2.24) is 19.6 Å². The van der Waals surface area contributed by atoms with Crippen LogP contribution in [0.1, 0.15) is 17.7 Å². The van der Waals surface area contributed by atoms with Gasteiger partial charge in [0, 0.05) is 38.2 Å². The summed E-state index contributed by atoms with van der Waals surface area (Å²) in [5, 5.41) is 4.55. The molecule has 0 unspecified atom stereocenters. The Hall–Kier alpha value is -3.26. The first kappa shape index (κ1) is 22.0. The second-order valence-corrected chi connectivity index (χ2v) is 7.97. The fourth-order valence-corrected chi connectivity index (χ4v) is 3.77. The summed E-state index contributed by atoms with van der Waals surface area (Å²) in [4.78, 5) is 16.8. The minimum Gasteiger partial charge on any atom is -0.436 e. The van der Waals surface area contributed by atoms with E-state index in [2.05, 4.69) is 10.00 Å². The Morgan fingerprint density at radius 1 is 1.03 bits per heavy atom. The molecule has 4 rings (SSSR count). The standard InChI is InChI=1S/C24H26F2N4O2/c1-17-20(11-12-23(31)29-15-13-28(2)14-16-29)24(32-22-6-4-3-5-21(22)26)30(27-17)19-9-7-18(25)8-10-19/h3-10H,11-16H2,1-2H3. The Bertz CT molecular complexity index is 1090. The van der Waals surface area contributed by atoms with E-state index < -0.39 is 5.82 Å². The summed E-state index contributed by atoms with van der Waals surface area (Å²) in [5.41, 5.74) is 1.98. The number of aryl methyl sites for hydroxylation is 1. The molecular weight excluding hydrogens is 414 g/mol. The summed E-state index contributed by atoms with van der Waals surface area (Å²) in [6, 6.07) is 11.9. The number of carbonyl (C=O) groups is 1. The van der Waals surface area contributed by atoms with Crippen molar-refractivity contribution in [2.75, 3.05) is 33.2 Å². The van der Waals surface area contributed by atoms with Crippen LogP contribution in [0.4, 0.5) is 8.78 Å². The molecule has 8 heteroatoms. The number of benzene rings is 2. The van der Waals surface area contributed by atoms with Crippen LogP contribution in [0.2, 0.25) is 0 Å². The van der Waals surface area contributed by atoms with E-state index in [0.29, 0.717) is 43.2 Å². The van der Waals surface area contributed by atoms with Crippen molar-refractivity contribution < 1.29 is 18.3 Å². The fourth-order valence-electron chi connectivity index (χ4n) is 3.77. The Morgan fingerprint density at radius 2 is 1.72 bits per heavy atom. The summed E-state index contributed by atoms with van der Waals surface area (Å²) in [5.74, 6) is -0.416. The van der Waals surface area contributed by atoms with E-state index in [1.807, 2.05) is 18.9 Å². The van der Waals surface area contributed by atoms with Crippen LogP contribution in [0.5, 0.6) is 11.6 Å². The van der Waals surface area contributed by atoms with Gasteiger partial charge in [0.1, 0.15) is 5.82 Å². The summed E-state index contributed by atoms with van der Waals surface area (Å²) < 4.78 is 35.3. The van der Waals surface area contributed by atoms with Crippen molar-refractivity contribution in [1.29, 1.82) is 0 Å². The minimum atomic E-state index is -0.503. The lowest BCUT2D eigenvalue weighted by atomic mass is 10.1. The third kappa shape index (κ3) is 4.80. The number of halogens is 2. The zero-order chi connectivity index (χ0) is 22.7. The van der Waals surface area contributed by atoms with Crippen LogP contribution in [0.15, 0.2) is 48.5 Å². The maximum atomic E-state index is 14.3. The number of hydrogen-bond donors (Lipinski definition) is 0. The smallest absolute Gasteiger partial charge is 0.226 e. The van der Waals surface area contributed by atoms with Crippen molar-refractivity contribution in [3.63, 3.8) is 0 Å². The zero-order valence-electron chi connectivity index (χ0n) is 18.2. The molecule has 1 aromatic heterocycles. The molecule has 0 radical (unpaired) electrons. The van der Waals surface area contributed by atoms with E-state index in [1.54, 1.807) is 24.3 Å². The molecule has 0 saturated carbocycles. The highest BCUT2D eigenvalue weighted by atomic mass is 19.1. The van der Waals surface area contributed by atoms with Crippen molar-refractivity contribution >= 4 is 5.91 Å². The lowest BCUT2D eigenvalue weighted by molar-refractivity contribution is -0.132. The first-order chi connectivity index (χ1) is 15.4. The van der Waals surface area contributed by atoms with Gasteiger partial charge < -0.3 is 14.5 Å². The Balaban J connectivity index is 1.62. The van der Waals surface area contributed by atoms with E-state index in [0.717, 1.165) is 18.7 Å². The molecule has 0 N–H and O–H groups in total. The highest BCUT2D eigenvalue weighted by molar-refractivity contribution is 5.76. The molecule has 0 atom stereocenters. The number of hydrogen-bond acceptors (Lipinski definition) is 4. The van der Waals surface area contributed by atoms with Crippen LogP contribution >= 0.6 is 0 Å². The number of piperazine rings is 1. The third-order valence-electron chi connectivity index (χ3n) is 5.70. The van der Waals surface area contributed by atoms with Gasteiger partial charge in [-0.1, -0.05) is 12.1 Å². The van der Waals surface area contributed by atoms with Gasteiger partial charge >= 0.3 is 0 Å². The number of carbonyl (C=O) groups excluding carboxylic acids is 1. The predicted octanol–water partition coefficient (Wildman–Crippen LogP) is 3.96. The molecule has 32 heavy (non-hydrogen) atoms. The first-order valence-corrected chi connectivity index (χ1v) is 10.7. The molecule has 1 saturated heterocycles. The summed E-state index contributed by atoms with van der Waals surface area (Å²) in [6.07, 6.45) is 0.704. The lowest BCUT2D eigenvalue weighted by Gasteiger charge is -2.32. The predicted molar refractivity (Wildman–Crippen MR) is 117 cm³/mol. The molecule has 1 fully saturated rings. The molecule has 1 aliphatic heterocycles. The SMILES string of the molecule is Cc1nn(-c2ccc(F)cc2)c(Oc2ccccc2F)c1CCC(=O)N1CCN(C)CC1. The third-order valence-corrected chi connectivity index (χ3v) is 5.70. The van der Waals surface area contributed by atoms with Crippen LogP contribution in [0, 0.1) is 18.6 Å². The molecule has 0 aliphatic carbocycles. The van der Waals surface area contributed by atoms with Crippen LogP contribution < -0.4 is 4.74 Å². The van der Waals surface area contributed by atoms with Gasteiger partial charge in [0.05, 0.1) is 11.4 Å². The minimum absolute atomic E-state index is 0.0578. The second kappa shape index (κ2) is 9.48. The van der Waals surface area contributed by atoms with Gasteiger partial charge in [-0.15, -0.1) is 0 Å². The molecule has 1 aliphatic rings. The molecule has 2 aromatic carbocycles. The Labute approximate surface area is 186 Å². The molecule has 2 heterocycles. The maximum Gasteiger partial charge on any atom is 0.226 e. The Kier molecular flexibility index (Phi) is 6.50. The van der Waals surface area contributed by atoms with Gasteiger partial charge in [0.2, 0.25) is 11.8 Å². The second-order valence-electron chi connectivity index (χ2n) is 7.97. The van der Waals surface area contributed by atoms with E-state index in [1.165, 1.54) is 28.9 Å². The van der Waals surface area contributed by atoms with E-state index in [9.17, 15) is 13.6 Å². The number of amides is 1. The van der Waals surface area contributed by atoms with Crippen LogP contribution in [0.3, 0.4) is 0 Å². The van der Waals surface area contributed by atoms with Crippen molar-refractivity contribution in [2.24, 2.45) is 0 Å². The molecule has 3 aromatic rings. The van der Waals surface area contributed by atoms with Gasteiger partial charge in [-0.3, -0.25) is 4.79 Å². The largest absolute Gasteiger partial charge is 0.436 e. The summed E-state index contributed by atoms with van der Waals surface area (Å²) in [7, 11) is 2.04. The molecular formula is C24H26F2N4O2. The quantitative estimate of drug-likeness (QED) is 0.582. The van der Waals surface area contributed by atoms with Crippen molar-refractivity contribution in [3.05, 3.63) is 71.4 Å². The topological polar surface area (TPSA) is 50.6 Å². The van der Waals surface area contributed by atoms with E-state index in [4.69, 9.17) is 4.74 Å². The maximum absolute atomic E-state index is 14.3. The van der Waals surface area contributed by atoms with E-state index in [-0.39, 0.29) is 17.5 Å². The summed E-state index contributed by atoms with van der Waals surface area (Å²) in [6.45, 7) is 4.96. The molecule has 0 spiro atoms. The van der Waals surface area contributed by atoms with Crippen LogP contribution in [-0.2, 0) is 11.2 Å². The summed E-state index contributed by atoms with van der Waals surface area (Å²) >= 11 is 0. The Morgan fingerprint density at radius 3 is 2.41 bits per heavy atom. The van der Waals surface area contributed by atoms with E-state index >= 15 is 0 Å².